The molecule has 0 unspecified atom stereocenters. The van der Waals surface area contributed by atoms with E-state index in [-0.39, 0.29) is 0 Å². The smallest absolute Gasteiger partial charge is 0.223 e. The van der Waals surface area contributed by atoms with Crippen LogP contribution >= 0.6 is 0 Å². The van der Waals surface area contributed by atoms with E-state index in [0.717, 1.165) is 22.3 Å². The predicted octanol–water partition coefficient (Wildman–Crippen LogP) is 3.19. The van der Waals surface area contributed by atoms with Gasteiger partial charge < -0.3 is 10.7 Å². The summed E-state index contributed by atoms with van der Waals surface area (Å²) in [4.78, 5) is 17.4. The highest BCUT2D eigenvalue weighted by atomic mass is 15.1. The van der Waals surface area contributed by atoms with Crippen LogP contribution in [0.2, 0.25) is 0 Å². The van der Waals surface area contributed by atoms with Gasteiger partial charge in [-0.05, 0) is 38.1 Å². The molecule has 6 heteroatoms. The first kappa shape index (κ1) is 16.7. The zero-order valence-electron chi connectivity index (χ0n) is 14.3. The molecule has 2 heterocycles. The maximum absolute atomic E-state index is 8.00. The molecule has 0 aliphatic heterocycles. The van der Waals surface area contributed by atoms with E-state index in [1.54, 1.807) is 12.4 Å². The van der Waals surface area contributed by atoms with Crippen LogP contribution in [0.1, 0.15) is 17.0 Å². The molecule has 1 aromatic carbocycles. The molecule has 0 atom stereocenters. The van der Waals surface area contributed by atoms with Crippen molar-refractivity contribution in [1.82, 2.24) is 15.0 Å². The number of aliphatic imine (C=N–C) groups is 1. The van der Waals surface area contributed by atoms with Gasteiger partial charge in [-0.2, -0.15) is 0 Å². The number of fused-ring (bicyclic) bond motifs is 1. The van der Waals surface area contributed by atoms with Crippen molar-refractivity contribution in [2.75, 3.05) is 18.4 Å². The monoisotopic (exact) mass is 332 g/mol. The number of aromatic nitrogens is 3. The summed E-state index contributed by atoms with van der Waals surface area (Å²) >= 11 is 0. The minimum absolute atomic E-state index is 0.315. The van der Waals surface area contributed by atoms with Gasteiger partial charge in [0.2, 0.25) is 5.95 Å². The summed E-state index contributed by atoms with van der Waals surface area (Å²) in [5.74, 6) is 0.535. The third-order valence-electron chi connectivity index (χ3n) is 3.70. The second-order valence-corrected chi connectivity index (χ2v) is 5.83. The number of nitrogens with zero attached hydrogens (tertiary/aromatic N) is 4. The highest BCUT2D eigenvalue weighted by molar-refractivity contribution is 5.89. The molecular formula is C19H20N6. The lowest BCUT2D eigenvalue weighted by molar-refractivity contribution is 1.10. The number of rotatable bonds is 6. The van der Waals surface area contributed by atoms with Gasteiger partial charge in [-0.25, -0.2) is 9.97 Å². The SMILES string of the molecule is Cc1ccc2nc(NCC(=N)CN=Cc3ccccn3)nc(C)c2c1. The fourth-order valence-electron chi connectivity index (χ4n) is 2.42. The van der Waals surface area contributed by atoms with Crippen molar-refractivity contribution in [3.05, 3.63) is 59.5 Å². The van der Waals surface area contributed by atoms with Crippen LogP contribution in [0.15, 0.2) is 47.6 Å². The standard InChI is InChI=1S/C19H20N6/c1-13-6-7-18-17(9-13)14(2)24-19(25-18)23-11-15(20)10-21-12-16-5-3-4-8-22-16/h3-9,12,20H,10-11H2,1-2H3,(H,23,24,25). The lowest BCUT2D eigenvalue weighted by Crippen LogP contribution is -2.17. The zero-order valence-corrected chi connectivity index (χ0v) is 14.3. The Bertz CT molecular complexity index is 918. The van der Waals surface area contributed by atoms with Gasteiger partial charge in [0.05, 0.1) is 30.0 Å². The summed E-state index contributed by atoms with van der Waals surface area (Å²) in [5, 5.41) is 12.2. The predicted molar refractivity (Wildman–Crippen MR) is 102 cm³/mol. The summed E-state index contributed by atoms with van der Waals surface area (Å²) in [7, 11) is 0. The Hall–Kier alpha value is -3.15. The van der Waals surface area contributed by atoms with Crippen LogP contribution in [0.5, 0.6) is 0 Å². The quantitative estimate of drug-likeness (QED) is 0.679. The molecule has 0 bridgehead atoms. The molecule has 0 spiro atoms. The van der Waals surface area contributed by atoms with E-state index in [9.17, 15) is 0 Å². The van der Waals surface area contributed by atoms with Crippen molar-refractivity contribution < 1.29 is 0 Å². The number of anilines is 1. The first-order chi connectivity index (χ1) is 12.1. The third-order valence-corrected chi connectivity index (χ3v) is 3.70. The largest absolute Gasteiger partial charge is 0.349 e. The summed E-state index contributed by atoms with van der Waals surface area (Å²) in [5.41, 5.74) is 4.26. The van der Waals surface area contributed by atoms with Gasteiger partial charge in [0.25, 0.3) is 0 Å². The highest BCUT2D eigenvalue weighted by Gasteiger charge is 2.05. The summed E-state index contributed by atoms with van der Waals surface area (Å²) < 4.78 is 0. The van der Waals surface area contributed by atoms with Crippen LogP contribution in [0.25, 0.3) is 10.9 Å². The second-order valence-electron chi connectivity index (χ2n) is 5.83. The Labute approximate surface area is 146 Å². The van der Waals surface area contributed by atoms with Crippen LogP contribution in [0.4, 0.5) is 5.95 Å². The first-order valence-electron chi connectivity index (χ1n) is 8.08. The Morgan fingerprint density at radius 3 is 2.88 bits per heavy atom. The topological polar surface area (TPSA) is 86.9 Å². The van der Waals surface area contributed by atoms with Gasteiger partial charge in [-0.3, -0.25) is 9.98 Å². The van der Waals surface area contributed by atoms with Crippen LogP contribution in [0.3, 0.4) is 0 Å². The molecule has 2 N–H and O–H groups in total. The molecule has 3 rings (SSSR count). The van der Waals surface area contributed by atoms with Crippen molar-refractivity contribution >= 4 is 28.8 Å². The molecule has 0 radical (unpaired) electrons. The highest BCUT2D eigenvalue weighted by Crippen LogP contribution is 2.18. The van der Waals surface area contributed by atoms with Crippen molar-refractivity contribution in [1.29, 1.82) is 5.41 Å². The van der Waals surface area contributed by atoms with E-state index in [4.69, 9.17) is 5.41 Å². The third kappa shape index (κ3) is 4.44. The maximum atomic E-state index is 8.00. The van der Waals surface area contributed by atoms with E-state index in [1.807, 2.05) is 37.3 Å². The average Bonchev–Trinajstić information content (AvgIpc) is 2.61. The molecule has 0 fully saturated rings. The van der Waals surface area contributed by atoms with Crippen molar-refractivity contribution in [2.24, 2.45) is 4.99 Å². The molecule has 6 nitrogen and oxygen atoms in total. The number of pyridine rings is 1. The fraction of sp³-hybridized carbons (Fsp3) is 0.211. The molecule has 0 aliphatic carbocycles. The van der Waals surface area contributed by atoms with Gasteiger partial charge in [0.1, 0.15) is 0 Å². The van der Waals surface area contributed by atoms with Crippen molar-refractivity contribution in [3.63, 3.8) is 0 Å². The molecule has 0 aliphatic rings. The Morgan fingerprint density at radius 2 is 2.08 bits per heavy atom. The van der Waals surface area contributed by atoms with Crippen molar-refractivity contribution in [3.8, 4) is 0 Å². The van der Waals surface area contributed by atoms with E-state index >= 15 is 0 Å². The summed E-state index contributed by atoms with van der Waals surface area (Å²) in [6.07, 6.45) is 3.39. The normalized spacial score (nSPS) is 11.1. The van der Waals surface area contributed by atoms with Gasteiger partial charge in [-0.1, -0.05) is 17.7 Å². The average molecular weight is 332 g/mol. The first-order valence-corrected chi connectivity index (χ1v) is 8.08. The molecule has 0 saturated heterocycles. The van der Waals surface area contributed by atoms with Crippen LogP contribution in [-0.4, -0.2) is 40.0 Å². The molecule has 3 aromatic rings. The lowest BCUT2D eigenvalue weighted by Gasteiger charge is -2.08. The Morgan fingerprint density at radius 1 is 1.20 bits per heavy atom. The van der Waals surface area contributed by atoms with Crippen LogP contribution in [0, 0.1) is 19.3 Å². The van der Waals surface area contributed by atoms with Crippen LogP contribution in [-0.2, 0) is 0 Å². The minimum atomic E-state index is 0.315. The maximum Gasteiger partial charge on any atom is 0.223 e. The number of benzene rings is 1. The summed E-state index contributed by atoms with van der Waals surface area (Å²) in [6, 6.07) is 11.7. The second kappa shape index (κ2) is 7.61. The van der Waals surface area contributed by atoms with Gasteiger partial charge in [0, 0.05) is 23.5 Å². The number of nitrogens with one attached hydrogen (secondary N) is 2. The van der Waals surface area contributed by atoms with E-state index in [1.165, 1.54) is 5.56 Å². The molecular weight excluding hydrogens is 312 g/mol. The molecule has 0 amide bonds. The Kier molecular flexibility index (Phi) is 5.09. The minimum Gasteiger partial charge on any atom is -0.349 e. The lowest BCUT2D eigenvalue weighted by atomic mass is 10.1. The number of hydrogen-bond acceptors (Lipinski definition) is 6. The van der Waals surface area contributed by atoms with Crippen LogP contribution < -0.4 is 5.32 Å². The fourth-order valence-corrected chi connectivity index (χ4v) is 2.42. The zero-order chi connectivity index (χ0) is 17.6. The molecule has 0 saturated carbocycles. The molecule has 25 heavy (non-hydrogen) atoms. The van der Waals surface area contributed by atoms with Gasteiger partial charge in [-0.15, -0.1) is 0 Å². The molecule has 2 aromatic heterocycles. The summed E-state index contributed by atoms with van der Waals surface area (Å²) in [6.45, 7) is 4.70. The van der Waals surface area contributed by atoms with E-state index < -0.39 is 0 Å². The van der Waals surface area contributed by atoms with Crippen molar-refractivity contribution in [2.45, 2.75) is 13.8 Å². The number of hydrogen-bond donors (Lipinski definition) is 2. The van der Waals surface area contributed by atoms with Gasteiger partial charge in [0.15, 0.2) is 0 Å². The molecule has 126 valence electrons. The number of aryl methyl sites for hydroxylation is 2. The Balaban J connectivity index is 1.59. The van der Waals surface area contributed by atoms with Gasteiger partial charge >= 0.3 is 0 Å². The van der Waals surface area contributed by atoms with E-state index in [0.29, 0.717) is 24.7 Å². The van der Waals surface area contributed by atoms with E-state index in [2.05, 4.69) is 38.3 Å².